The lowest BCUT2D eigenvalue weighted by Gasteiger charge is -2.18. The van der Waals surface area contributed by atoms with E-state index in [2.05, 4.69) is 19.2 Å². The zero-order valence-corrected chi connectivity index (χ0v) is 13.4. The summed E-state index contributed by atoms with van der Waals surface area (Å²) in [5.41, 5.74) is 1.56. The third kappa shape index (κ3) is 4.35. The molecule has 0 fully saturated rings. The maximum atomic E-state index is 12.4. The van der Waals surface area contributed by atoms with Crippen LogP contribution in [0.2, 0.25) is 0 Å². The molecule has 0 aliphatic carbocycles. The van der Waals surface area contributed by atoms with Crippen molar-refractivity contribution < 1.29 is 9.53 Å². The van der Waals surface area contributed by atoms with Crippen molar-refractivity contribution in [3.8, 4) is 5.75 Å². The predicted molar refractivity (Wildman–Crippen MR) is 89.0 cm³/mol. The molecule has 2 rings (SSSR count). The second kappa shape index (κ2) is 7.64. The number of nitrogens with one attached hydrogen (secondary N) is 1. The first kappa shape index (κ1) is 16.1. The van der Waals surface area contributed by atoms with Crippen LogP contribution in [0.1, 0.15) is 36.7 Å². The van der Waals surface area contributed by atoms with Gasteiger partial charge in [-0.05, 0) is 31.0 Å². The number of benzene rings is 2. The minimum Gasteiger partial charge on any atom is -0.489 e. The Bertz CT molecular complexity index is 608. The summed E-state index contributed by atoms with van der Waals surface area (Å²) in [6, 6.07) is 17.3. The van der Waals surface area contributed by atoms with Crippen molar-refractivity contribution >= 4 is 5.91 Å². The van der Waals surface area contributed by atoms with Gasteiger partial charge in [0.2, 0.25) is 0 Å². The molecule has 0 aliphatic rings. The van der Waals surface area contributed by atoms with E-state index in [1.165, 1.54) is 0 Å². The smallest absolute Gasteiger partial charge is 0.251 e. The number of carbonyl (C=O) groups is 1. The quantitative estimate of drug-likeness (QED) is 0.874. The third-order valence-corrected chi connectivity index (χ3v) is 3.76. The molecule has 0 saturated heterocycles. The van der Waals surface area contributed by atoms with Gasteiger partial charge in [-0.3, -0.25) is 4.79 Å². The van der Waals surface area contributed by atoms with Crippen LogP contribution < -0.4 is 10.1 Å². The summed E-state index contributed by atoms with van der Waals surface area (Å²) in [5.74, 6) is 1.15. The fourth-order valence-electron chi connectivity index (χ4n) is 2.00. The summed E-state index contributed by atoms with van der Waals surface area (Å²) in [4.78, 5) is 12.4. The number of ether oxygens (including phenoxy) is 1. The van der Waals surface area contributed by atoms with Gasteiger partial charge in [-0.25, -0.2) is 0 Å². The maximum Gasteiger partial charge on any atom is 0.251 e. The number of para-hydroxylation sites is 1. The van der Waals surface area contributed by atoms with Crippen LogP contribution in [0, 0.1) is 5.92 Å². The minimum atomic E-state index is -0.0477. The van der Waals surface area contributed by atoms with Gasteiger partial charge in [0.25, 0.3) is 5.91 Å². The predicted octanol–water partition coefficient (Wildman–Crippen LogP) is 4.04. The Morgan fingerprint density at radius 3 is 2.32 bits per heavy atom. The molecule has 0 spiro atoms. The molecule has 0 heterocycles. The summed E-state index contributed by atoms with van der Waals surface area (Å²) in [6.45, 7) is 6.58. The highest BCUT2D eigenvalue weighted by atomic mass is 16.5. The van der Waals surface area contributed by atoms with Crippen LogP contribution in [0.25, 0.3) is 0 Å². The Kier molecular flexibility index (Phi) is 5.59. The summed E-state index contributed by atoms with van der Waals surface area (Å²) in [7, 11) is 0. The second-order valence-corrected chi connectivity index (χ2v) is 5.77. The van der Waals surface area contributed by atoms with Crippen LogP contribution in [0.4, 0.5) is 0 Å². The van der Waals surface area contributed by atoms with E-state index in [9.17, 15) is 4.79 Å². The van der Waals surface area contributed by atoms with E-state index < -0.39 is 0 Å². The molecular formula is C19H23NO2. The maximum absolute atomic E-state index is 12.4. The average Bonchev–Trinajstić information content (AvgIpc) is 2.54. The largest absolute Gasteiger partial charge is 0.489 e. The Labute approximate surface area is 132 Å². The van der Waals surface area contributed by atoms with Crippen LogP contribution in [0.3, 0.4) is 0 Å². The number of hydrogen-bond acceptors (Lipinski definition) is 2. The standard InChI is InChI=1S/C19H23NO2/c1-14(2)15(3)20-19(21)18-12-8-7-9-16(18)13-22-17-10-5-4-6-11-17/h4-12,14-15H,13H2,1-3H3,(H,20,21). The van der Waals surface area contributed by atoms with E-state index in [1.54, 1.807) is 0 Å². The van der Waals surface area contributed by atoms with Gasteiger partial charge >= 0.3 is 0 Å². The molecule has 0 saturated carbocycles. The van der Waals surface area contributed by atoms with Crippen molar-refractivity contribution in [2.45, 2.75) is 33.4 Å². The molecule has 0 aliphatic heterocycles. The first-order chi connectivity index (χ1) is 10.6. The Balaban J connectivity index is 2.08. The van der Waals surface area contributed by atoms with E-state index >= 15 is 0 Å². The van der Waals surface area contributed by atoms with Gasteiger partial charge in [0.1, 0.15) is 12.4 Å². The Morgan fingerprint density at radius 1 is 1.00 bits per heavy atom. The van der Waals surface area contributed by atoms with Crippen molar-refractivity contribution in [1.82, 2.24) is 5.32 Å². The molecule has 1 amide bonds. The lowest BCUT2D eigenvalue weighted by molar-refractivity contribution is 0.0928. The number of rotatable bonds is 6. The van der Waals surface area contributed by atoms with Gasteiger partial charge in [0.05, 0.1) is 0 Å². The number of carbonyl (C=O) groups excluding carboxylic acids is 1. The van der Waals surface area contributed by atoms with E-state index in [1.807, 2.05) is 61.5 Å². The first-order valence-electron chi connectivity index (χ1n) is 7.64. The van der Waals surface area contributed by atoms with Crippen molar-refractivity contribution in [2.24, 2.45) is 5.92 Å². The summed E-state index contributed by atoms with van der Waals surface area (Å²) >= 11 is 0. The average molecular weight is 297 g/mol. The van der Waals surface area contributed by atoms with E-state index in [0.29, 0.717) is 18.1 Å². The zero-order chi connectivity index (χ0) is 15.9. The van der Waals surface area contributed by atoms with Crippen molar-refractivity contribution in [3.63, 3.8) is 0 Å². The topological polar surface area (TPSA) is 38.3 Å². The van der Waals surface area contributed by atoms with Gasteiger partial charge < -0.3 is 10.1 Å². The van der Waals surface area contributed by atoms with Gasteiger partial charge in [0, 0.05) is 17.2 Å². The number of hydrogen-bond donors (Lipinski definition) is 1. The van der Waals surface area contributed by atoms with Crippen molar-refractivity contribution in [3.05, 3.63) is 65.7 Å². The highest BCUT2D eigenvalue weighted by molar-refractivity contribution is 5.95. The summed E-state index contributed by atoms with van der Waals surface area (Å²) < 4.78 is 5.76. The van der Waals surface area contributed by atoms with E-state index in [-0.39, 0.29) is 11.9 Å². The molecule has 22 heavy (non-hydrogen) atoms. The highest BCUT2D eigenvalue weighted by Crippen LogP contribution is 2.15. The molecule has 2 aromatic carbocycles. The van der Waals surface area contributed by atoms with Crippen molar-refractivity contribution in [1.29, 1.82) is 0 Å². The van der Waals surface area contributed by atoms with Crippen LogP contribution in [-0.4, -0.2) is 11.9 Å². The van der Waals surface area contributed by atoms with Crippen LogP contribution in [0.15, 0.2) is 54.6 Å². The Morgan fingerprint density at radius 2 is 1.64 bits per heavy atom. The van der Waals surface area contributed by atoms with Gasteiger partial charge in [-0.15, -0.1) is 0 Å². The van der Waals surface area contributed by atoms with Gasteiger partial charge in [-0.2, -0.15) is 0 Å². The normalized spacial score (nSPS) is 12.0. The molecule has 0 aromatic heterocycles. The Hall–Kier alpha value is -2.29. The van der Waals surface area contributed by atoms with Gasteiger partial charge in [-0.1, -0.05) is 50.2 Å². The summed E-state index contributed by atoms with van der Waals surface area (Å²) in [6.07, 6.45) is 0. The lowest BCUT2D eigenvalue weighted by atomic mass is 10.0. The lowest BCUT2D eigenvalue weighted by Crippen LogP contribution is -2.36. The van der Waals surface area contributed by atoms with Gasteiger partial charge in [0.15, 0.2) is 0 Å². The van der Waals surface area contributed by atoms with E-state index in [4.69, 9.17) is 4.74 Å². The van der Waals surface area contributed by atoms with Crippen LogP contribution in [-0.2, 0) is 6.61 Å². The summed E-state index contributed by atoms with van der Waals surface area (Å²) in [5, 5.41) is 3.04. The minimum absolute atomic E-state index is 0.0477. The first-order valence-corrected chi connectivity index (χ1v) is 7.64. The highest BCUT2D eigenvalue weighted by Gasteiger charge is 2.15. The molecule has 0 radical (unpaired) electrons. The third-order valence-electron chi connectivity index (χ3n) is 3.76. The molecule has 116 valence electrons. The molecular weight excluding hydrogens is 274 g/mol. The zero-order valence-electron chi connectivity index (χ0n) is 13.4. The van der Waals surface area contributed by atoms with Crippen molar-refractivity contribution in [2.75, 3.05) is 0 Å². The van der Waals surface area contributed by atoms with Crippen LogP contribution in [0.5, 0.6) is 5.75 Å². The molecule has 3 nitrogen and oxygen atoms in total. The molecule has 1 atom stereocenters. The fraction of sp³-hybridized carbons (Fsp3) is 0.316. The SMILES string of the molecule is CC(C)C(C)NC(=O)c1ccccc1COc1ccccc1. The molecule has 1 unspecified atom stereocenters. The molecule has 0 bridgehead atoms. The van der Waals surface area contributed by atoms with E-state index in [0.717, 1.165) is 11.3 Å². The number of amides is 1. The molecule has 3 heteroatoms. The molecule has 2 aromatic rings. The molecule has 1 N–H and O–H groups in total. The monoisotopic (exact) mass is 297 g/mol. The fourth-order valence-corrected chi connectivity index (χ4v) is 2.00. The van der Waals surface area contributed by atoms with Crippen LogP contribution >= 0.6 is 0 Å². The second-order valence-electron chi connectivity index (χ2n) is 5.77.